The van der Waals surface area contributed by atoms with Crippen molar-refractivity contribution in [2.75, 3.05) is 13.7 Å². The van der Waals surface area contributed by atoms with E-state index in [2.05, 4.69) is 20.5 Å². The zero-order valence-corrected chi connectivity index (χ0v) is 12.0. The van der Waals surface area contributed by atoms with E-state index in [1.807, 2.05) is 36.0 Å². The first kappa shape index (κ1) is 13.6. The summed E-state index contributed by atoms with van der Waals surface area (Å²) in [6.07, 6.45) is -0.429. The molecule has 19 heavy (non-hydrogen) atoms. The van der Waals surface area contributed by atoms with Gasteiger partial charge in [-0.25, -0.2) is 4.79 Å². The van der Waals surface area contributed by atoms with Crippen molar-refractivity contribution in [1.29, 1.82) is 0 Å². The summed E-state index contributed by atoms with van der Waals surface area (Å²) in [7, 11) is 1.36. The number of nitrogens with one attached hydrogen (secondary N) is 1. The van der Waals surface area contributed by atoms with E-state index in [0.717, 1.165) is 17.0 Å². The summed E-state index contributed by atoms with van der Waals surface area (Å²) >= 11 is 1.63. The third-order valence-electron chi connectivity index (χ3n) is 2.89. The highest BCUT2D eigenvalue weighted by Gasteiger charge is 2.18. The Bertz CT molecular complexity index is 548. The van der Waals surface area contributed by atoms with Crippen LogP contribution in [0.4, 0.5) is 4.79 Å². The second-order valence-electron chi connectivity index (χ2n) is 4.32. The Balaban J connectivity index is 2.24. The van der Waals surface area contributed by atoms with E-state index in [1.165, 1.54) is 7.11 Å². The number of hydrogen-bond donors (Lipinski definition) is 1. The number of aryl methyl sites for hydroxylation is 2. The molecule has 0 bridgehead atoms. The Morgan fingerprint density at radius 1 is 1.58 bits per heavy atom. The third kappa shape index (κ3) is 3.14. The molecule has 1 N–H and O–H groups in total. The number of rotatable bonds is 4. The maximum Gasteiger partial charge on any atom is 0.406 e. The second kappa shape index (κ2) is 5.88. The number of ether oxygens (including phenoxy) is 1. The number of nitrogens with zero attached hydrogens (tertiary/aromatic N) is 2. The quantitative estimate of drug-likeness (QED) is 0.935. The first-order valence-corrected chi connectivity index (χ1v) is 6.92. The summed E-state index contributed by atoms with van der Waals surface area (Å²) in [4.78, 5) is 11.2. The second-order valence-corrected chi connectivity index (χ2v) is 5.10. The van der Waals surface area contributed by atoms with Gasteiger partial charge < -0.3 is 10.1 Å². The first-order chi connectivity index (χ1) is 9.11. The molecule has 2 rings (SSSR count). The minimum absolute atomic E-state index is 0.0148. The van der Waals surface area contributed by atoms with E-state index in [-0.39, 0.29) is 6.04 Å². The van der Waals surface area contributed by atoms with Crippen LogP contribution in [-0.4, -0.2) is 29.5 Å². The Labute approximate surface area is 116 Å². The molecule has 0 aliphatic rings. The van der Waals surface area contributed by atoms with Crippen LogP contribution in [0.25, 0.3) is 0 Å². The molecular formula is C13H17N3O2S. The van der Waals surface area contributed by atoms with Crippen LogP contribution in [0.3, 0.4) is 0 Å². The van der Waals surface area contributed by atoms with Crippen LogP contribution in [0.1, 0.15) is 23.0 Å². The largest absolute Gasteiger partial charge is 0.453 e. The molecule has 0 aliphatic carbocycles. The van der Waals surface area contributed by atoms with E-state index in [0.29, 0.717) is 6.54 Å². The number of amides is 1. The number of hydrogen-bond acceptors (Lipinski definition) is 4. The van der Waals surface area contributed by atoms with Crippen LogP contribution < -0.4 is 5.32 Å². The summed E-state index contributed by atoms with van der Waals surface area (Å²) in [5.41, 5.74) is 3.17. The predicted octanol–water partition coefficient (Wildman–Crippen LogP) is 2.51. The van der Waals surface area contributed by atoms with Gasteiger partial charge in [-0.2, -0.15) is 16.4 Å². The van der Waals surface area contributed by atoms with Crippen LogP contribution in [-0.2, 0) is 4.74 Å². The smallest absolute Gasteiger partial charge is 0.406 e. The maximum absolute atomic E-state index is 11.2. The molecule has 2 aromatic rings. The standard InChI is InChI=1S/C13H17N3O2S/c1-9-6-10(2)16(15-9)12(7-14-13(17)18-3)11-4-5-19-8-11/h4-6,8,12H,7H2,1-3H3,(H,14,17)/t12-/m1/s1. The summed E-state index contributed by atoms with van der Waals surface area (Å²) in [5.74, 6) is 0. The van der Waals surface area contributed by atoms with Gasteiger partial charge in [0.05, 0.1) is 18.8 Å². The third-order valence-corrected chi connectivity index (χ3v) is 3.59. The molecule has 1 atom stereocenters. The molecule has 2 heterocycles. The molecule has 0 saturated carbocycles. The van der Waals surface area contributed by atoms with Crippen molar-refractivity contribution in [3.63, 3.8) is 0 Å². The number of methoxy groups -OCH3 is 1. The molecule has 1 amide bonds. The molecule has 0 unspecified atom stereocenters. The minimum atomic E-state index is -0.429. The summed E-state index contributed by atoms with van der Waals surface area (Å²) in [6.45, 7) is 4.42. The molecule has 0 radical (unpaired) electrons. The van der Waals surface area contributed by atoms with Gasteiger partial charge in [0.25, 0.3) is 0 Å². The van der Waals surface area contributed by atoms with Gasteiger partial charge in [0, 0.05) is 12.2 Å². The molecule has 102 valence electrons. The fraction of sp³-hybridized carbons (Fsp3) is 0.385. The van der Waals surface area contributed by atoms with Crippen molar-refractivity contribution in [2.24, 2.45) is 0 Å². The summed E-state index contributed by atoms with van der Waals surface area (Å²) < 4.78 is 6.55. The molecule has 0 saturated heterocycles. The predicted molar refractivity (Wildman–Crippen MR) is 74.6 cm³/mol. The van der Waals surface area contributed by atoms with Crippen LogP contribution >= 0.6 is 11.3 Å². The molecule has 0 aromatic carbocycles. The number of alkyl carbamates (subject to hydrolysis) is 1. The van der Waals surface area contributed by atoms with Crippen molar-refractivity contribution in [3.05, 3.63) is 39.8 Å². The van der Waals surface area contributed by atoms with Gasteiger partial charge in [0.15, 0.2) is 0 Å². The molecular weight excluding hydrogens is 262 g/mol. The van der Waals surface area contributed by atoms with Crippen molar-refractivity contribution in [2.45, 2.75) is 19.9 Å². The minimum Gasteiger partial charge on any atom is -0.453 e. The van der Waals surface area contributed by atoms with Crippen molar-refractivity contribution in [1.82, 2.24) is 15.1 Å². The number of thiophene rings is 1. The summed E-state index contributed by atoms with van der Waals surface area (Å²) in [6, 6.07) is 4.06. The van der Waals surface area contributed by atoms with Crippen LogP contribution in [0.15, 0.2) is 22.9 Å². The molecule has 0 aliphatic heterocycles. The van der Waals surface area contributed by atoms with Crippen LogP contribution in [0, 0.1) is 13.8 Å². The first-order valence-electron chi connectivity index (χ1n) is 5.98. The molecule has 6 heteroatoms. The van der Waals surface area contributed by atoms with E-state index in [4.69, 9.17) is 0 Å². The zero-order chi connectivity index (χ0) is 13.8. The Hall–Kier alpha value is -1.82. The highest BCUT2D eigenvalue weighted by molar-refractivity contribution is 7.07. The lowest BCUT2D eigenvalue weighted by Gasteiger charge is -2.18. The number of aromatic nitrogens is 2. The lowest BCUT2D eigenvalue weighted by molar-refractivity contribution is 0.169. The highest BCUT2D eigenvalue weighted by Crippen LogP contribution is 2.22. The molecule has 0 fully saturated rings. The fourth-order valence-corrected chi connectivity index (χ4v) is 2.73. The number of carbonyl (C=O) groups is 1. The lowest BCUT2D eigenvalue weighted by atomic mass is 10.1. The van der Waals surface area contributed by atoms with Crippen molar-refractivity contribution >= 4 is 17.4 Å². The average molecular weight is 279 g/mol. The number of carbonyl (C=O) groups excluding carboxylic acids is 1. The molecule has 5 nitrogen and oxygen atoms in total. The molecule has 2 aromatic heterocycles. The van der Waals surface area contributed by atoms with Crippen LogP contribution in [0.2, 0.25) is 0 Å². The summed E-state index contributed by atoms with van der Waals surface area (Å²) in [5, 5.41) is 11.3. The van der Waals surface area contributed by atoms with Gasteiger partial charge in [-0.05, 0) is 42.3 Å². The van der Waals surface area contributed by atoms with Crippen molar-refractivity contribution in [3.8, 4) is 0 Å². The SMILES string of the molecule is COC(=O)NC[C@H](c1ccsc1)n1nc(C)cc1C. The molecule has 0 spiro atoms. The lowest BCUT2D eigenvalue weighted by Crippen LogP contribution is -2.31. The van der Waals surface area contributed by atoms with Gasteiger partial charge in [0.2, 0.25) is 0 Å². The van der Waals surface area contributed by atoms with E-state index in [1.54, 1.807) is 11.3 Å². The van der Waals surface area contributed by atoms with Crippen LogP contribution in [0.5, 0.6) is 0 Å². The fourth-order valence-electron chi connectivity index (χ4n) is 2.02. The van der Waals surface area contributed by atoms with E-state index >= 15 is 0 Å². The van der Waals surface area contributed by atoms with Gasteiger partial charge in [0.1, 0.15) is 0 Å². The normalized spacial score (nSPS) is 12.2. The van der Waals surface area contributed by atoms with Gasteiger partial charge >= 0.3 is 6.09 Å². The Morgan fingerprint density at radius 3 is 2.89 bits per heavy atom. The highest BCUT2D eigenvalue weighted by atomic mass is 32.1. The Kier molecular flexibility index (Phi) is 4.21. The van der Waals surface area contributed by atoms with Gasteiger partial charge in [-0.15, -0.1) is 0 Å². The van der Waals surface area contributed by atoms with E-state index in [9.17, 15) is 4.79 Å². The average Bonchev–Trinajstić information content (AvgIpc) is 3.00. The Morgan fingerprint density at radius 2 is 2.37 bits per heavy atom. The maximum atomic E-state index is 11.2. The van der Waals surface area contributed by atoms with Crippen molar-refractivity contribution < 1.29 is 9.53 Å². The van der Waals surface area contributed by atoms with Gasteiger partial charge in [-0.1, -0.05) is 0 Å². The monoisotopic (exact) mass is 279 g/mol. The van der Waals surface area contributed by atoms with Gasteiger partial charge in [-0.3, -0.25) is 4.68 Å². The zero-order valence-electron chi connectivity index (χ0n) is 11.2. The van der Waals surface area contributed by atoms with E-state index < -0.39 is 6.09 Å². The topological polar surface area (TPSA) is 56.1 Å².